The van der Waals surface area contributed by atoms with Crippen LogP contribution in [-0.4, -0.2) is 33.5 Å². The van der Waals surface area contributed by atoms with Gasteiger partial charge >= 0.3 is 0 Å². The predicted octanol–water partition coefficient (Wildman–Crippen LogP) is 3.67. The largest absolute Gasteiger partial charge is 0.355 e. The van der Waals surface area contributed by atoms with Crippen LogP contribution in [0.15, 0.2) is 29.0 Å². The SMILES string of the molecule is CC(C)C(NC(=O)CCNC(=O)C12CC3CC(CC(C3)C1)C2)c1nc(-c2ccncc2)no1. The van der Waals surface area contributed by atoms with E-state index < -0.39 is 0 Å². The van der Waals surface area contributed by atoms with Crippen LogP contribution in [0.3, 0.4) is 0 Å². The van der Waals surface area contributed by atoms with Gasteiger partial charge in [0, 0.05) is 36.3 Å². The second kappa shape index (κ2) is 8.88. The van der Waals surface area contributed by atoms with E-state index in [0.717, 1.165) is 42.6 Å². The van der Waals surface area contributed by atoms with E-state index in [0.29, 0.717) is 18.3 Å². The van der Waals surface area contributed by atoms with Gasteiger partial charge in [0.2, 0.25) is 23.5 Å². The Morgan fingerprint density at radius 2 is 1.73 bits per heavy atom. The van der Waals surface area contributed by atoms with Crippen molar-refractivity contribution in [2.24, 2.45) is 29.1 Å². The van der Waals surface area contributed by atoms with Gasteiger partial charge in [-0.2, -0.15) is 4.98 Å². The molecule has 4 fully saturated rings. The van der Waals surface area contributed by atoms with Crippen molar-refractivity contribution in [2.45, 2.75) is 64.8 Å². The number of nitrogens with zero attached hydrogens (tertiary/aromatic N) is 3. The minimum absolute atomic E-state index is 0.0707. The topological polar surface area (TPSA) is 110 Å². The number of carbonyl (C=O) groups excluding carboxylic acids is 2. The quantitative estimate of drug-likeness (QED) is 0.634. The lowest BCUT2D eigenvalue weighted by atomic mass is 9.49. The first-order chi connectivity index (χ1) is 15.9. The molecular weight excluding hydrogens is 418 g/mol. The summed E-state index contributed by atoms with van der Waals surface area (Å²) in [4.78, 5) is 34.2. The molecule has 0 spiro atoms. The van der Waals surface area contributed by atoms with E-state index in [4.69, 9.17) is 4.52 Å². The summed E-state index contributed by atoms with van der Waals surface area (Å²) in [5.74, 6) is 3.12. The molecule has 0 radical (unpaired) electrons. The van der Waals surface area contributed by atoms with Crippen LogP contribution < -0.4 is 10.6 Å². The highest BCUT2D eigenvalue weighted by atomic mass is 16.5. The zero-order valence-electron chi connectivity index (χ0n) is 19.4. The molecule has 33 heavy (non-hydrogen) atoms. The van der Waals surface area contributed by atoms with E-state index in [1.54, 1.807) is 12.4 Å². The van der Waals surface area contributed by atoms with Gasteiger partial charge in [-0.15, -0.1) is 0 Å². The second-order valence-corrected chi connectivity index (χ2v) is 10.7. The molecule has 1 unspecified atom stereocenters. The Hall–Kier alpha value is -2.77. The molecule has 4 aliphatic rings. The summed E-state index contributed by atoms with van der Waals surface area (Å²) in [6.45, 7) is 4.34. The molecule has 2 aromatic heterocycles. The molecule has 8 nitrogen and oxygen atoms in total. The number of hydrogen-bond donors (Lipinski definition) is 2. The summed E-state index contributed by atoms with van der Waals surface area (Å²) in [6, 6.07) is 3.23. The fraction of sp³-hybridized carbons (Fsp3) is 0.640. The first-order valence-corrected chi connectivity index (χ1v) is 12.2. The van der Waals surface area contributed by atoms with Crippen molar-refractivity contribution in [2.75, 3.05) is 6.54 Å². The number of nitrogens with one attached hydrogen (secondary N) is 2. The van der Waals surface area contributed by atoms with Crippen molar-refractivity contribution in [3.63, 3.8) is 0 Å². The average molecular weight is 452 g/mol. The van der Waals surface area contributed by atoms with E-state index in [9.17, 15) is 9.59 Å². The number of carbonyl (C=O) groups is 2. The first kappa shape index (κ1) is 22.0. The fourth-order valence-corrected chi connectivity index (χ4v) is 6.60. The molecule has 4 bridgehead atoms. The second-order valence-electron chi connectivity index (χ2n) is 10.7. The lowest BCUT2D eigenvalue weighted by Crippen LogP contribution is -2.53. The van der Waals surface area contributed by atoms with Gasteiger partial charge in [0.25, 0.3) is 0 Å². The van der Waals surface area contributed by atoms with E-state index in [-0.39, 0.29) is 35.6 Å². The average Bonchev–Trinajstić information content (AvgIpc) is 3.27. The minimum Gasteiger partial charge on any atom is -0.355 e. The Labute approximate surface area is 194 Å². The van der Waals surface area contributed by atoms with Crippen LogP contribution in [0.2, 0.25) is 0 Å². The number of hydrogen-bond acceptors (Lipinski definition) is 6. The molecule has 0 saturated heterocycles. The van der Waals surface area contributed by atoms with Gasteiger partial charge in [0.15, 0.2) is 0 Å². The molecule has 0 aromatic carbocycles. The molecule has 8 heteroatoms. The van der Waals surface area contributed by atoms with E-state index in [1.165, 1.54) is 19.3 Å². The van der Waals surface area contributed by atoms with Crippen LogP contribution in [0.25, 0.3) is 11.4 Å². The number of amides is 2. The van der Waals surface area contributed by atoms with Crippen LogP contribution >= 0.6 is 0 Å². The first-order valence-electron chi connectivity index (χ1n) is 12.2. The van der Waals surface area contributed by atoms with Crippen molar-refractivity contribution in [3.8, 4) is 11.4 Å². The summed E-state index contributed by atoms with van der Waals surface area (Å²) in [7, 11) is 0. The zero-order chi connectivity index (χ0) is 23.0. The normalized spacial score (nSPS) is 28.6. The van der Waals surface area contributed by atoms with Crippen LogP contribution in [0, 0.1) is 29.1 Å². The monoisotopic (exact) mass is 451 g/mol. The van der Waals surface area contributed by atoms with E-state index in [1.807, 2.05) is 26.0 Å². The summed E-state index contributed by atoms with van der Waals surface area (Å²) >= 11 is 0. The number of rotatable bonds is 8. The Balaban J connectivity index is 1.15. The zero-order valence-corrected chi connectivity index (χ0v) is 19.4. The molecule has 4 aliphatic carbocycles. The maximum absolute atomic E-state index is 13.1. The van der Waals surface area contributed by atoms with Gasteiger partial charge in [-0.05, 0) is 74.3 Å². The van der Waals surface area contributed by atoms with E-state index >= 15 is 0 Å². The highest BCUT2D eigenvalue weighted by molar-refractivity contribution is 5.84. The van der Waals surface area contributed by atoms with Crippen molar-refractivity contribution >= 4 is 11.8 Å². The summed E-state index contributed by atoms with van der Waals surface area (Å²) in [6.07, 6.45) is 10.6. The third-order valence-corrected chi connectivity index (χ3v) is 7.79. The molecular formula is C25H33N5O3. The third-order valence-electron chi connectivity index (χ3n) is 7.79. The molecule has 2 N–H and O–H groups in total. The van der Waals surface area contributed by atoms with Gasteiger partial charge in [-0.25, -0.2) is 0 Å². The molecule has 2 heterocycles. The summed E-state index contributed by atoms with van der Waals surface area (Å²) in [5.41, 5.74) is 0.625. The maximum Gasteiger partial charge on any atom is 0.249 e. The van der Waals surface area contributed by atoms with Crippen molar-refractivity contribution in [1.82, 2.24) is 25.8 Å². The lowest BCUT2D eigenvalue weighted by Gasteiger charge is -2.55. The Morgan fingerprint density at radius 3 is 2.33 bits per heavy atom. The number of aromatic nitrogens is 3. The lowest BCUT2D eigenvalue weighted by molar-refractivity contribution is -0.146. The highest BCUT2D eigenvalue weighted by Gasteiger charge is 2.54. The van der Waals surface area contributed by atoms with Gasteiger partial charge in [-0.3, -0.25) is 14.6 Å². The van der Waals surface area contributed by atoms with E-state index in [2.05, 4.69) is 25.8 Å². The van der Waals surface area contributed by atoms with Crippen molar-refractivity contribution < 1.29 is 14.1 Å². The standard InChI is InChI=1S/C25H33N5O3/c1-15(2)21(23-29-22(30-33-23)19-3-6-26-7-4-19)28-20(31)5-8-27-24(32)25-12-16-9-17(13-25)11-18(10-16)14-25/h3-4,6-7,15-18,21H,5,8-14H2,1-2H3,(H,27,32)(H,28,31). The van der Waals surface area contributed by atoms with Gasteiger partial charge in [-0.1, -0.05) is 19.0 Å². The highest BCUT2D eigenvalue weighted by Crippen LogP contribution is 2.60. The van der Waals surface area contributed by atoms with Crippen LogP contribution in [-0.2, 0) is 9.59 Å². The summed E-state index contributed by atoms with van der Waals surface area (Å²) < 4.78 is 5.46. The Kier molecular flexibility index (Phi) is 5.93. The fourth-order valence-electron chi connectivity index (χ4n) is 6.60. The number of pyridine rings is 1. The van der Waals surface area contributed by atoms with Crippen molar-refractivity contribution in [3.05, 3.63) is 30.4 Å². The molecule has 6 rings (SSSR count). The third kappa shape index (κ3) is 4.52. The predicted molar refractivity (Wildman–Crippen MR) is 121 cm³/mol. The minimum atomic E-state index is -0.389. The molecule has 2 amide bonds. The molecule has 0 aliphatic heterocycles. The van der Waals surface area contributed by atoms with Crippen molar-refractivity contribution in [1.29, 1.82) is 0 Å². The smallest absolute Gasteiger partial charge is 0.249 e. The molecule has 2 aromatic rings. The van der Waals surface area contributed by atoms with Gasteiger partial charge < -0.3 is 15.2 Å². The molecule has 176 valence electrons. The molecule has 1 atom stereocenters. The van der Waals surface area contributed by atoms with Crippen LogP contribution in [0.1, 0.15) is 70.7 Å². The molecule has 4 saturated carbocycles. The Bertz CT molecular complexity index is 967. The summed E-state index contributed by atoms with van der Waals surface area (Å²) in [5, 5.41) is 10.1. The van der Waals surface area contributed by atoms with Gasteiger partial charge in [0.1, 0.15) is 6.04 Å². The van der Waals surface area contributed by atoms with Crippen LogP contribution in [0.5, 0.6) is 0 Å². The maximum atomic E-state index is 13.1. The Morgan fingerprint density at radius 1 is 1.09 bits per heavy atom. The van der Waals surface area contributed by atoms with Crippen LogP contribution in [0.4, 0.5) is 0 Å². The van der Waals surface area contributed by atoms with Gasteiger partial charge in [0.05, 0.1) is 0 Å².